The molecule has 1 unspecified atom stereocenters. The molecule has 6 nitrogen and oxygen atoms in total. The molecular formula is C21H25N3O3. The fourth-order valence-electron chi connectivity index (χ4n) is 4.05. The van der Waals surface area contributed by atoms with Crippen molar-refractivity contribution in [2.75, 3.05) is 44.8 Å². The van der Waals surface area contributed by atoms with E-state index in [4.69, 9.17) is 9.47 Å². The lowest BCUT2D eigenvalue weighted by Crippen LogP contribution is -2.60. The van der Waals surface area contributed by atoms with Crippen molar-refractivity contribution in [3.05, 3.63) is 54.4 Å². The Bertz CT molecular complexity index is 777. The first-order chi connectivity index (χ1) is 13.2. The molecule has 1 amide bonds. The van der Waals surface area contributed by atoms with Gasteiger partial charge in [0, 0.05) is 37.7 Å². The van der Waals surface area contributed by atoms with Crippen molar-refractivity contribution in [1.29, 1.82) is 0 Å². The number of hydrogen-bond acceptors (Lipinski definition) is 5. The number of methoxy groups -OCH3 is 1. The number of nitrogens with zero attached hydrogens (tertiary/aromatic N) is 3. The molecule has 6 heteroatoms. The van der Waals surface area contributed by atoms with E-state index in [0.29, 0.717) is 25.3 Å². The summed E-state index contributed by atoms with van der Waals surface area (Å²) in [4.78, 5) is 21.2. The van der Waals surface area contributed by atoms with Gasteiger partial charge in [0.05, 0.1) is 25.8 Å². The molecule has 142 valence electrons. The highest BCUT2D eigenvalue weighted by atomic mass is 16.5. The molecule has 0 N–H and O–H groups in total. The molecule has 0 radical (unpaired) electrons. The van der Waals surface area contributed by atoms with Crippen LogP contribution in [0.15, 0.2) is 48.8 Å². The number of rotatable bonds is 3. The molecule has 1 aromatic carbocycles. The number of pyridine rings is 1. The van der Waals surface area contributed by atoms with Crippen LogP contribution in [0.1, 0.15) is 23.2 Å². The van der Waals surface area contributed by atoms with Gasteiger partial charge in [-0.05, 0) is 49.2 Å². The lowest BCUT2D eigenvalue weighted by molar-refractivity contribution is -0.105. The van der Waals surface area contributed by atoms with Crippen LogP contribution in [0, 0.1) is 0 Å². The van der Waals surface area contributed by atoms with Crippen molar-refractivity contribution >= 4 is 11.6 Å². The average molecular weight is 367 g/mol. The number of benzene rings is 1. The number of anilines is 1. The molecule has 3 heterocycles. The predicted octanol–water partition coefficient (Wildman–Crippen LogP) is 2.60. The maximum Gasteiger partial charge on any atom is 0.255 e. The number of morpholine rings is 1. The quantitative estimate of drug-likeness (QED) is 0.835. The minimum absolute atomic E-state index is 0.0346. The third-order valence-electron chi connectivity index (χ3n) is 5.42. The molecular weight excluding hydrogens is 342 g/mol. The van der Waals surface area contributed by atoms with Gasteiger partial charge in [-0.2, -0.15) is 0 Å². The van der Waals surface area contributed by atoms with Crippen molar-refractivity contribution in [2.45, 2.75) is 18.4 Å². The van der Waals surface area contributed by atoms with Gasteiger partial charge in [-0.25, -0.2) is 0 Å². The molecule has 0 saturated carbocycles. The molecule has 2 aliphatic rings. The van der Waals surface area contributed by atoms with Crippen LogP contribution in [0.2, 0.25) is 0 Å². The number of carbonyl (C=O) groups excluding carboxylic acids is 1. The lowest BCUT2D eigenvalue weighted by Gasteiger charge is -2.48. The second-order valence-corrected chi connectivity index (χ2v) is 7.22. The summed E-state index contributed by atoms with van der Waals surface area (Å²) in [5.74, 6) is 0.889. The number of piperidine rings is 1. The molecule has 1 spiro atoms. The maximum atomic E-state index is 12.9. The Labute approximate surface area is 159 Å². The monoisotopic (exact) mass is 367 g/mol. The fraction of sp³-hybridized carbons (Fsp3) is 0.429. The minimum atomic E-state index is -0.311. The van der Waals surface area contributed by atoms with Crippen LogP contribution in [0.5, 0.6) is 5.75 Å². The lowest BCUT2D eigenvalue weighted by atomic mass is 9.90. The van der Waals surface area contributed by atoms with Crippen LogP contribution >= 0.6 is 0 Å². The standard InChI is InChI=1S/C21H25N3O3/c1-26-19-7-5-18(6-8-19)23-11-3-9-21(15-23)16-24(12-13-27-21)20(25)17-4-2-10-22-14-17/h2,4-8,10,14H,3,9,11-13,15-16H2,1H3. The van der Waals surface area contributed by atoms with Gasteiger partial charge in [0.25, 0.3) is 5.91 Å². The third kappa shape index (κ3) is 3.76. The van der Waals surface area contributed by atoms with Gasteiger partial charge in [-0.1, -0.05) is 0 Å². The Morgan fingerprint density at radius 2 is 2.04 bits per heavy atom. The first-order valence-electron chi connectivity index (χ1n) is 9.41. The Hall–Kier alpha value is -2.60. The van der Waals surface area contributed by atoms with E-state index >= 15 is 0 Å². The Morgan fingerprint density at radius 1 is 1.19 bits per heavy atom. The zero-order chi connectivity index (χ0) is 18.7. The zero-order valence-electron chi connectivity index (χ0n) is 15.6. The predicted molar refractivity (Wildman–Crippen MR) is 103 cm³/mol. The van der Waals surface area contributed by atoms with E-state index < -0.39 is 0 Å². The summed E-state index contributed by atoms with van der Waals surface area (Å²) >= 11 is 0. The molecule has 2 fully saturated rings. The average Bonchev–Trinajstić information content (AvgIpc) is 2.74. The Kier molecular flexibility index (Phi) is 4.99. The van der Waals surface area contributed by atoms with Crippen LogP contribution in [0.25, 0.3) is 0 Å². The van der Waals surface area contributed by atoms with Gasteiger partial charge in [-0.15, -0.1) is 0 Å². The Morgan fingerprint density at radius 3 is 2.78 bits per heavy atom. The molecule has 4 rings (SSSR count). The highest BCUT2D eigenvalue weighted by Crippen LogP contribution is 2.32. The minimum Gasteiger partial charge on any atom is -0.497 e. The van der Waals surface area contributed by atoms with E-state index in [1.54, 1.807) is 25.6 Å². The van der Waals surface area contributed by atoms with E-state index in [1.807, 2.05) is 23.1 Å². The molecule has 1 atom stereocenters. The summed E-state index contributed by atoms with van der Waals surface area (Å²) < 4.78 is 11.5. The van der Waals surface area contributed by atoms with Crippen LogP contribution < -0.4 is 9.64 Å². The molecule has 0 bridgehead atoms. The largest absolute Gasteiger partial charge is 0.497 e. The topological polar surface area (TPSA) is 54.9 Å². The number of carbonyl (C=O) groups is 1. The number of amides is 1. The van der Waals surface area contributed by atoms with Crippen LogP contribution in [-0.2, 0) is 4.74 Å². The van der Waals surface area contributed by atoms with Crippen molar-refractivity contribution in [2.24, 2.45) is 0 Å². The maximum absolute atomic E-state index is 12.9. The van der Waals surface area contributed by atoms with Gasteiger partial charge in [0.2, 0.25) is 0 Å². The van der Waals surface area contributed by atoms with E-state index in [-0.39, 0.29) is 11.5 Å². The highest BCUT2D eigenvalue weighted by molar-refractivity contribution is 5.94. The van der Waals surface area contributed by atoms with Crippen molar-refractivity contribution in [1.82, 2.24) is 9.88 Å². The molecule has 0 aliphatic carbocycles. The second-order valence-electron chi connectivity index (χ2n) is 7.22. The van der Waals surface area contributed by atoms with Gasteiger partial charge < -0.3 is 19.3 Å². The van der Waals surface area contributed by atoms with E-state index in [2.05, 4.69) is 22.0 Å². The summed E-state index contributed by atoms with van der Waals surface area (Å²) in [6.07, 6.45) is 5.33. The normalized spacial score (nSPS) is 22.7. The highest BCUT2D eigenvalue weighted by Gasteiger charge is 2.42. The summed E-state index contributed by atoms with van der Waals surface area (Å²) in [5, 5.41) is 0. The summed E-state index contributed by atoms with van der Waals surface area (Å²) in [6.45, 7) is 3.60. The molecule has 2 saturated heterocycles. The van der Waals surface area contributed by atoms with E-state index in [1.165, 1.54) is 0 Å². The first-order valence-corrected chi connectivity index (χ1v) is 9.41. The second kappa shape index (κ2) is 7.56. The first kappa shape index (κ1) is 17.8. The molecule has 2 aliphatic heterocycles. The van der Waals surface area contributed by atoms with Crippen LogP contribution in [0.3, 0.4) is 0 Å². The Balaban J connectivity index is 1.49. The number of hydrogen-bond donors (Lipinski definition) is 0. The third-order valence-corrected chi connectivity index (χ3v) is 5.42. The van der Waals surface area contributed by atoms with Gasteiger partial charge in [0.15, 0.2) is 0 Å². The SMILES string of the molecule is COc1ccc(N2CCCC3(CN(C(=O)c4cccnc4)CCO3)C2)cc1. The summed E-state index contributed by atoms with van der Waals surface area (Å²) in [6, 6.07) is 11.8. The molecule has 1 aromatic heterocycles. The van der Waals surface area contributed by atoms with Crippen molar-refractivity contribution in [3.8, 4) is 5.75 Å². The van der Waals surface area contributed by atoms with Crippen LogP contribution in [0.4, 0.5) is 5.69 Å². The molecule has 2 aromatic rings. The summed E-state index contributed by atoms with van der Waals surface area (Å²) in [5.41, 5.74) is 1.49. The summed E-state index contributed by atoms with van der Waals surface area (Å²) in [7, 11) is 1.68. The molecule has 27 heavy (non-hydrogen) atoms. The van der Waals surface area contributed by atoms with Gasteiger partial charge in [0.1, 0.15) is 11.4 Å². The number of aromatic nitrogens is 1. The van der Waals surface area contributed by atoms with Gasteiger partial charge in [-0.3, -0.25) is 9.78 Å². The van der Waals surface area contributed by atoms with Crippen molar-refractivity contribution in [3.63, 3.8) is 0 Å². The van der Waals surface area contributed by atoms with E-state index in [0.717, 1.165) is 37.4 Å². The smallest absolute Gasteiger partial charge is 0.255 e. The van der Waals surface area contributed by atoms with E-state index in [9.17, 15) is 4.79 Å². The van der Waals surface area contributed by atoms with Crippen molar-refractivity contribution < 1.29 is 14.3 Å². The number of ether oxygens (including phenoxy) is 2. The van der Waals surface area contributed by atoms with Crippen LogP contribution in [-0.4, -0.2) is 61.3 Å². The zero-order valence-corrected chi connectivity index (χ0v) is 15.6. The fourth-order valence-corrected chi connectivity index (χ4v) is 4.05. The van der Waals surface area contributed by atoms with Gasteiger partial charge >= 0.3 is 0 Å².